The molecule has 19 heavy (non-hydrogen) atoms. The van der Waals surface area contributed by atoms with Crippen molar-refractivity contribution in [3.63, 3.8) is 0 Å². The first-order valence-corrected chi connectivity index (χ1v) is 8.45. The summed E-state index contributed by atoms with van der Waals surface area (Å²) in [6.45, 7) is 3.82. The molecular formula is C12H24N2O4S. The summed E-state index contributed by atoms with van der Waals surface area (Å²) in [4.78, 5) is 0. The summed E-state index contributed by atoms with van der Waals surface area (Å²) in [5.74, 6) is 0. The Labute approximate surface area is 115 Å². The van der Waals surface area contributed by atoms with Gasteiger partial charge in [0, 0.05) is 32.3 Å². The van der Waals surface area contributed by atoms with Gasteiger partial charge in [0.1, 0.15) is 0 Å². The van der Waals surface area contributed by atoms with Gasteiger partial charge >= 0.3 is 0 Å². The number of aliphatic hydroxyl groups excluding tert-OH is 1. The Morgan fingerprint density at radius 3 is 2.79 bits per heavy atom. The van der Waals surface area contributed by atoms with E-state index in [1.54, 1.807) is 0 Å². The van der Waals surface area contributed by atoms with E-state index in [9.17, 15) is 13.5 Å². The molecule has 2 aliphatic heterocycles. The minimum atomic E-state index is -3.48. The van der Waals surface area contributed by atoms with Crippen LogP contribution in [0.2, 0.25) is 0 Å². The third kappa shape index (κ3) is 3.46. The predicted molar refractivity (Wildman–Crippen MR) is 72.0 cm³/mol. The fraction of sp³-hybridized carbons (Fsp3) is 1.00. The highest BCUT2D eigenvalue weighted by Gasteiger charge is 2.37. The summed E-state index contributed by atoms with van der Waals surface area (Å²) in [6, 6.07) is -0.266. The van der Waals surface area contributed by atoms with Crippen LogP contribution in [0, 0.1) is 0 Å². The zero-order valence-electron chi connectivity index (χ0n) is 11.5. The number of hydrogen-bond acceptors (Lipinski definition) is 4. The van der Waals surface area contributed by atoms with E-state index in [4.69, 9.17) is 4.74 Å². The summed E-state index contributed by atoms with van der Waals surface area (Å²) >= 11 is 0. The van der Waals surface area contributed by atoms with Crippen molar-refractivity contribution in [2.24, 2.45) is 0 Å². The van der Waals surface area contributed by atoms with Gasteiger partial charge in [-0.3, -0.25) is 0 Å². The molecule has 1 N–H and O–H groups in total. The van der Waals surface area contributed by atoms with Gasteiger partial charge in [0.15, 0.2) is 0 Å². The van der Waals surface area contributed by atoms with Gasteiger partial charge < -0.3 is 9.84 Å². The van der Waals surface area contributed by atoms with Crippen LogP contribution in [-0.4, -0.2) is 67.1 Å². The Morgan fingerprint density at radius 1 is 1.26 bits per heavy atom. The quantitative estimate of drug-likeness (QED) is 0.806. The van der Waals surface area contributed by atoms with E-state index in [1.165, 1.54) is 8.61 Å². The standard InChI is InChI=1S/C12H24N2O4S/c1-11-9-13(6-4-8-18-11)19(16,17)14-7-3-2-5-12(14)10-15/h11-12,15H,2-10H2,1H3. The molecular weight excluding hydrogens is 268 g/mol. The fourth-order valence-corrected chi connectivity index (χ4v) is 4.74. The van der Waals surface area contributed by atoms with Gasteiger partial charge in [-0.1, -0.05) is 6.42 Å². The van der Waals surface area contributed by atoms with Gasteiger partial charge in [0.2, 0.25) is 0 Å². The maximum atomic E-state index is 12.7. The molecule has 2 unspecified atom stereocenters. The van der Waals surface area contributed by atoms with E-state index in [1.807, 2.05) is 6.92 Å². The molecule has 2 fully saturated rings. The Kier molecular flexibility index (Phi) is 5.19. The highest BCUT2D eigenvalue weighted by molar-refractivity contribution is 7.86. The van der Waals surface area contributed by atoms with E-state index in [-0.39, 0.29) is 18.8 Å². The molecule has 0 radical (unpaired) electrons. The Balaban J connectivity index is 2.15. The van der Waals surface area contributed by atoms with Gasteiger partial charge in [-0.15, -0.1) is 0 Å². The Bertz CT molecular complexity index is 387. The molecule has 2 saturated heterocycles. The van der Waals surface area contributed by atoms with Crippen LogP contribution in [0.25, 0.3) is 0 Å². The van der Waals surface area contributed by atoms with Crippen LogP contribution in [0.5, 0.6) is 0 Å². The lowest BCUT2D eigenvalue weighted by Crippen LogP contribution is -2.52. The van der Waals surface area contributed by atoms with Gasteiger partial charge in [-0.25, -0.2) is 0 Å². The average molecular weight is 292 g/mol. The smallest absolute Gasteiger partial charge is 0.282 e. The third-order valence-electron chi connectivity index (χ3n) is 3.82. The molecule has 2 aliphatic rings. The minimum absolute atomic E-state index is 0.0744. The zero-order valence-corrected chi connectivity index (χ0v) is 12.3. The van der Waals surface area contributed by atoms with Crippen molar-refractivity contribution in [2.75, 3.05) is 32.8 Å². The molecule has 0 aliphatic carbocycles. The van der Waals surface area contributed by atoms with Crippen molar-refractivity contribution >= 4 is 10.2 Å². The lowest BCUT2D eigenvalue weighted by Gasteiger charge is -2.37. The van der Waals surface area contributed by atoms with Crippen molar-refractivity contribution < 1.29 is 18.3 Å². The fourth-order valence-electron chi connectivity index (χ4n) is 2.77. The molecule has 0 aromatic heterocycles. The van der Waals surface area contributed by atoms with Crippen molar-refractivity contribution in [2.45, 2.75) is 44.8 Å². The molecule has 0 aromatic rings. The number of ether oxygens (including phenoxy) is 1. The third-order valence-corrected chi connectivity index (χ3v) is 5.88. The Hall–Kier alpha value is -0.210. The molecule has 2 rings (SSSR count). The van der Waals surface area contributed by atoms with Crippen LogP contribution in [-0.2, 0) is 14.9 Å². The largest absolute Gasteiger partial charge is 0.395 e. The van der Waals surface area contributed by atoms with Crippen LogP contribution in [0.4, 0.5) is 0 Å². The molecule has 112 valence electrons. The van der Waals surface area contributed by atoms with Crippen LogP contribution in [0.3, 0.4) is 0 Å². The topological polar surface area (TPSA) is 70.1 Å². The SMILES string of the molecule is CC1CN(S(=O)(=O)N2CCCCC2CO)CCCO1. The first kappa shape index (κ1) is 15.2. The molecule has 0 spiro atoms. The number of nitrogens with zero attached hydrogens (tertiary/aromatic N) is 2. The zero-order chi connectivity index (χ0) is 13.9. The molecule has 0 amide bonds. The molecule has 0 bridgehead atoms. The van der Waals surface area contributed by atoms with Crippen molar-refractivity contribution in [3.8, 4) is 0 Å². The van der Waals surface area contributed by atoms with Crippen molar-refractivity contribution in [3.05, 3.63) is 0 Å². The van der Waals surface area contributed by atoms with E-state index in [2.05, 4.69) is 0 Å². The Morgan fingerprint density at radius 2 is 2.05 bits per heavy atom. The van der Waals surface area contributed by atoms with Gasteiger partial charge in [-0.05, 0) is 26.2 Å². The maximum Gasteiger partial charge on any atom is 0.282 e. The van der Waals surface area contributed by atoms with E-state index >= 15 is 0 Å². The molecule has 2 atom stereocenters. The second kappa shape index (κ2) is 6.49. The van der Waals surface area contributed by atoms with Gasteiger partial charge in [0.05, 0.1) is 12.7 Å². The number of piperidine rings is 1. The lowest BCUT2D eigenvalue weighted by molar-refractivity contribution is 0.0738. The molecule has 6 nitrogen and oxygen atoms in total. The van der Waals surface area contributed by atoms with Crippen LogP contribution in [0.1, 0.15) is 32.6 Å². The first-order valence-electron chi connectivity index (χ1n) is 7.05. The molecule has 0 saturated carbocycles. The molecule has 7 heteroatoms. The number of hydrogen-bond donors (Lipinski definition) is 1. The predicted octanol–water partition coefficient (Wildman–Crippen LogP) is 0.189. The summed E-state index contributed by atoms with van der Waals surface area (Å²) in [5, 5.41) is 9.38. The van der Waals surface area contributed by atoms with Crippen molar-refractivity contribution in [1.29, 1.82) is 0 Å². The normalized spacial score (nSPS) is 32.1. The van der Waals surface area contributed by atoms with Gasteiger partial charge in [0.25, 0.3) is 10.2 Å². The van der Waals surface area contributed by atoms with E-state index < -0.39 is 10.2 Å². The van der Waals surface area contributed by atoms with Gasteiger partial charge in [-0.2, -0.15) is 17.0 Å². The first-order chi connectivity index (χ1) is 9.05. The molecule has 2 heterocycles. The summed E-state index contributed by atoms with van der Waals surface area (Å²) in [5.41, 5.74) is 0. The second-order valence-corrected chi connectivity index (χ2v) is 7.22. The monoisotopic (exact) mass is 292 g/mol. The van der Waals surface area contributed by atoms with E-state index in [0.717, 1.165) is 25.7 Å². The van der Waals surface area contributed by atoms with Crippen LogP contribution in [0.15, 0.2) is 0 Å². The average Bonchev–Trinajstić information content (AvgIpc) is 2.64. The minimum Gasteiger partial charge on any atom is -0.395 e. The second-order valence-electron chi connectivity index (χ2n) is 5.34. The van der Waals surface area contributed by atoms with Crippen LogP contribution >= 0.6 is 0 Å². The maximum absolute atomic E-state index is 12.7. The highest BCUT2D eigenvalue weighted by atomic mass is 32.2. The number of rotatable bonds is 3. The number of aliphatic hydroxyl groups is 1. The van der Waals surface area contributed by atoms with Crippen LogP contribution < -0.4 is 0 Å². The van der Waals surface area contributed by atoms with Crippen molar-refractivity contribution in [1.82, 2.24) is 8.61 Å². The summed E-state index contributed by atoms with van der Waals surface area (Å²) in [7, 11) is -3.48. The summed E-state index contributed by atoms with van der Waals surface area (Å²) in [6.07, 6.45) is 3.25. The highest BCUT2D eigenvalue weighted by Crippen LogP contribution is 2.23. The van der Waals surface area contributed by atoms with E-state index in [0.29, 0.717) is 26.2 Å². The lowest BCUT2D eigenvalue weighted by atomic mass is 10.1. The molecule has 0 aromatic carbocycles. The summed E-state index contributed by atoms with van der Waals surface area (Å²) < 4.78 is 33.9.